The van der Waals surface area contributed by atoms with Gasteiger partial charge in [0, 0.05) is 11.1 Å². The van der Waals surface area contributed by atoms with E-state index in [2.05, 4.69) is 9.97 Å². The number of H-pyrrole nitrogens is 1. The Labute approximate surface area is 112 Å². The predicted octanol–water partition coefficient (Wildman–Crippen LogP) is 4.68. The van der Waals surface area contributed by atoms with E-state index in [1.54, 1.807) is 24.3 Å². The summed E-state index contributed by atoms with van der Waals surface area (Å²) in [4.78, 5) is 7.03. The monoisotopic (exact) mass is 280 g/mol. The van der Waals surface area contributed by atoms with Gasteiger partial charge in [-0.1, -0.05) is 41.4 Å². The van der Waals surface area contributed by atoms with Gasteiger partial charge in [-0.25, -0.2) is 9.37 Å². The van der Waals surface area contributed by atoms with Crippen LogP contribution in [-0.2, 0) is 0 Å². The van der Waals surface area contributed by atoms with Gasteiger partial charge in [0.2, 0.25) is 0 Å². The molecule has 2 nitrogen and oxygen atoms in total. The molecule has 0 unspecified atom stereocenters. The molecular formula is C13H7Cl2FN2. The minimum atomic E-state index is -0.365. The average Bonchev–Trinajstić information content (AvgIpc) is 2.79. The molecule has 90 valence electrons. The smallest absolute Gasteiger partial charge is 0.131 e. The second-order valence-corrected chi connectivity index (χ2v) is 4.61. The van der Waals surface area contributed by atoms with Crippen LogP contribution in [-0.4, -0.2) is 9.97 Å². The van der Waals surface area contributed by atoms with Crippen molar-refractivity contribution in [3.05, 3.63) is 52.5 Å². The number of nitrogens with one attached hydrogen (secondary N) is 1. The van der Waals surface area contributed by atoms with Crippen molar-refractivity contribution in [2.75, 3.05) is 0 Å². The third-order valence-electron chi connectivity index (χ3n) is 2.75. The molecule has 0 spiro atoms. The largest absolute Gasteiger partial charge is 0.345 e. The van der Waals surface area contributed by atoms with Gasteiger partial charge >= 0.3 is 0 Å². The lowest BCUT2D eigenvalue weighted by atomic mass is 10.0. The van der Waals surface area contributed by atoms with E-state index in [-0.39, 0.29) is 5.82 Å². The van der Waals surface area contributed by atoms with Gasteiger partial charge < -0.3 is 4.98 Å². The SMILES string of the molecule is Fc1ccccc1-c1c(Cl)cc2[nH]cnc2c1Cl. The number of benzene rings is 2. The summed E-state index contributed by atoms with van der Waals surface area (Å²) < 4.78 is 13.8. The van der Waals surface area contributed by atoms with Gasteiger partial charge in [0.05, 0.1) is 21.9 Å². The molecule has 1 aromatic heterocycles. The van der Waals surface area contributed by atoms with Crippen molar-refractivity contribution >= 4 is 34.2 Å². The molecule has 0 saturated heterocycles. The molecule has 18 heavy (non-hydrogen) atoms. The molecule has 5 heteroatoms. The second-order valence-electron chi connectivity index (χ2n) is 3.83. The van der Waals surface area contributed by atoms with Crippen molar-refractivity contribution in [1.29, 1.82) is 0 Å². The topological polar surface area (TPSA) is 28.7 Å². The summed E-state index contributed by atoms with van der Waals surface area (Å²) in [6.07, 6.45) is 1.53. The van der Waals surface area contributed by atoms with Crippen LogP contribution >= 0.6 is 23.2 Å². The lowest BCUT2D eigenvalue weighted by Crippen LogP contribution is -1.88. The zero-order valence-electron chi connectivity index (χ0n) is 9.05. The molecule has 0 atom stereocenters. The fourth-order valence-corrected chi connectivity index (χ4v) is 2.63. The number of rotatable bonds is 1. The van der Waals surface area contributed by atoms with Crippen LogP contribution in [0.1, 0.15) is 0 Å². The van der Waals surface area contributed by atoms with E-state index in [1.807, 2.05) is 0 Å². The van der Waals surface area contributed by atoms with Crippen molar-refractivity contribution in [2.24, 2.45) is 0 Å². The molecule has 0 fully saturated rings. The van der Waals surface area contributed by atoms with Gasteiger partial charge in [-0.15, -0.1) is 0 Å². The summed E-state index contributed by atoms with van der Waals surface area (Å²) in [5, 5.41) is 0.741. The van der Waals surface area contributed by atoms with Gasteiger partial charge in [-0.05, 0) is 12.1 Å². The fourth-order valence-electron chi connectivity index (χ4n) is 1.92. The second kappa shape index (κ2) is 4.26. The molecule has 3 aromatic rings. The molecule has 0 aliphatic carbocycles. The molecule has 0 bridgehead atoms. The Morgan fingerprint density at radius 3 is 2.72 bits per heavy atom. The third kappa shape index (κ3) is 1.67. The Balaban J connectivity index is 2.39. The summed E-state index contributed by atoms with van der Waals surface area (Å²) in [7, 11) is 0. The first kappa shape index (κ1) is 11.5. The van der Waals surface area contributed by atoms with Crippen molar-refractivity contribution in [2.45, 2.75) is 0 Å². The maximum absolute atomic E-state index is 13.8. The van der Waals surface area contributed by atoms with Crippen LogP contribution in [0.15, 0.2) is 36.7 Å². The van der Waals surface area contributed by atoms with Crippen LogP contribution in [0.5, 0.6) is 0 Å². The summed E-state index contributed by atoms with van der Waals surface area (Å²) in [5.74, 6) is -0.365. The number of aromatic nitrogens is 2. The first-order chi connectivity index (χ1) is 8.68. The summed E-state index contributed by atoms with van der Waals surface area (Å²) in [5.41, 5.74) is 2.15. The number of hydrogen-bond donors (Lipinski definition) is 1. The predicted molar refractivity (Wildman–Crippen MR) is 71.5 cm³/mol. The molecule has 0 radical (unpaired) electrons. The van der Waals surface area contributed by atoms with E-state index in [1.165, 1.54) is 12.4 Å². The maximum atomic E-state index is 13.8. The highest BCUT2D eigenvalue weighted by atomic mass is 35.5. The minimum Gasteiger partial charge on any atom is -0.345 e. The number of nitrogens with zero attached hydrogens (tertiary/aromatic N) is 1. The van der Waals surface area contributed by atoms with Crippen LogP contribution in [0, 0.1) is 5.82 Å². The lowest BCUT2D eigenvalue weighted by molar-refractivity contribution is 0.631. The molecule has 3 rings (SSSR count). The van der Waals surface area contributed by atoms with Gasteiger partial charge in [0.25, 0.3) is 0 Å². The first-order valence-electron chi connectivity index (χ1n) is 5.24. The Morgan fingerprint density at radius 1 is 1.17 bits per heavy atom. The fraction of sp³-hybridized carbons (Fsp3) is 0. The molecule has 0 aliphatic heterocycles. The number of halogens is 3. The number of imidazole rings is 1. The van der Waals surface area contributed by atoms with E-state index in [4.69, 9.17) is 23.2 Å². The molecule has 2 aromatic carbocycles. The minimum absolute atomic E-state index is 0.351. The summed E-state index contributed by atoms with van der Waals surface area (Å²) in [6.45, 7) is 0. The Kier molecular flexibility index (Phi) is 2.73. The van der Waals surface area contributed by atoms with E-state index in [9.17, 15) is 4.39 Å². The average molecular weight is 281 g/mol. The standard InChI is InChI=1S/C13H7Cl2FN2/c14-8-5-10-13(18-6-17-10)12(15)11(8)7-3-1-2-4-9(7)16/h1-6H,(H,17,18). The normalized spacial score (nSPS) is 11.1. The molecular weight excluding hydrogens is 274 g/mol. The Hall–Kier alpha value is -1.58. The highest BCUT2D eigenvalue weighted by Gasteiger charge is 2.16. The highest BCUT2D eigenvalue weighted by molar-refractivity contribution is 6.42. The van der Waals surface area contributed by atoms with Crippen molar-refractivity contribution < 1.29 is 4.39 Å². The molecule has 0 saturated carbocycles. The maximum Gasteiger partial charge on any atom is 0.131 e. The zero-order valence-corrected chi connectivity index (χ0v) is 10.6. The summed E-state index contributed by atoms with van der Waals surface area (Å²) >= 11 is 12.4. The molecule has 1 heterocycles. The highest BCUT2D eigenvalue weighted by Crippen LogP contribution is 2.39. The molecule has 0 amide bonds. The van der Waals surface area contributed by atoms with Crippen molar-refractivity contribution in [3.63, 3.8) is 0 Å². The van der Waals surface area contributed by atoms with E-state index in [0.717, 1.165) is 5.52 Å². The van der Waals surface area contributed by atoms with Gasteiger partial charge in [-0.2, -0.15) is 0 Å². The van der Waals surface area contributed by atoms with Crippen LogP contribution in [0.25, 0.3) is 22.2 Å². The number of fused-ring (bicyclic) bond motifs is 1. The van der Waals surface area contributed by atoms with Crippen LogP contribution in [0.2, 0.25) is 10.0 Å². The number of hydrogen-bond acceptors (Lipinski definition) is 1. The Bertz CT molecular complexity index is 737. The third-order valence-corrected chi connectivity index (χ3v) is 3.42. The Morgan fingerprint density at radius 2 is 1.94 bits per heavy atom. The van der Waals surface area contributed by atoms with E-state index in [0.29, 0.717) is 26.7 Å². The van der Waals surface area contributed by atoms with E-state index >= 15 is 0 Å². The molecule has 0 aliphatic rings. The van der Waals surface area contributed by atoms with Crippen LogP contribution < -0.4 is 0 Å². The molecule has 1 N–H and O–H groups in total. The van der Waals surface area contributed by atoms with Crippen LogP contribution in [0.4, 0.5) is 4.39 Å². The van der Waals surface area contributed by atoms with E-state index < -0.39 is 0 Å². The van der Waals surface area contributed by atoms with Gasteiger partial charge in [0.1, 0.15) is 11.3 Å². The van der Waals surface area contributed by atoms with Crippen molar-refractivity contribution in [3.8, 4) is 11.1 Å². The first-order valence-corrected chi connectivity index (χ1v) is 6.00. The van der Waals surface area contributed by atoms with Crippen molar-refractivity contribution in [1.82, 2.24) is 9.97 Å². The summed E-state index contributed by atoms with van der Waals surface area (Å²) in [6, 6.07) is 8.06. The van der Waals surface area contributed by atoms with Crippen LogP contribution in [0.3, 0.4) is 0 Å². The number of aromatic amines is 1. The lowest BCUT2D eigenvalue weighted by Gasteiger charge is -2.08. The van der Waals surface area contributed by atoms with Gasteiger partial charge in [0.15, 0.2) is 0 Å². The van der Waals surface area contributed by atoms with Gasteiger partial charge in [-0.3, -0.25) is 0 Å². The quantitative estimate of drug-likeness (QED) is 0.689. The zero-order chi connectivity index (χ0) is 12.7.